The molecule has 1 atom stereocenters. The van der Waals surface area contributed by atoms with Crippen LogP contribution in [0.3, 0.4) is 0 Å². The van der Waals surface area contributed by atoms with Crippen molar-refractivity contribution in [3.05, 3.63) is 44.4 Å². The average Bonchev–Trinajstić information content (AvgIpc) is 3.02. The largest absolute Gasteiger partial charge is 0.463 e. The fourth-order valence-electron chi connectivity index (χ4n) is 4.11. The van der Waals surface area contributed by atoms with Crippen molar-refractivity contribution >= 4 is 23.1 Å². The van der Waals surface area contributed by atoms with Gasteiger partial charge in [0.2, 0.25) is 0 Å². The number of thiophene rings is 1. The first kappa shape index (κ1) is 20.8. The van der Waals surface area contributed by atoms with Crippen LogP contribution in [0, 0.1) is 5.41 Å². The molecule has 0 unspecified atom stereocenters. The normalized spacial score (nSPS) is 22.1. The molecule has 0 fully saturated rings. The van der Waals surface area contributed by atoms with Gasteiger partial charge in [0, 0.05) is 33.1 Å². The van der Waals surface area contributed by atoms with Gasteiger partial charge < -0.3 is 10.1 Å². The summed E-state index contributed by atoms with van der Waals surface area (Å²) in [6, 6.07) is 4.20. The Morgan fingerprint density at radius 2 is 1.96 bits per heavy atom. The van der Waals surface area contributed by atoms with E-state index in [4.69, 9.17) is 4.74 Å². The first-order valence-corrected chi connectivity index (χ1v) is 10.8. The van der Waals surface area contributed by atoms with Crippen molar-refractivity contribution in [2.75, 3.05) is 6.61 Å². The molecule has 0 saturated carbocycles. The van der Waals surface area contributed by atoms with Crippen LogP contribution in [0.5, 0.6) is 0 Å². The van der Waals surface area contributed by atoms with Crippen molar-refractivity contribution in [1.82, 2.24) is 5.32 Å². The molecule has 152 valence electrons. The van der Waals surface area contributed by atoms with Gasteiger partial charge in [-0.2, -0.15) is 0 Å². The van der Waals surface area contributed by atoms with E-state index in [-0.39, 0.29) is 28.5 Å². The van der Waals surface area contributed by atoms with Crippen molar-refractivity contribution in [3.63, 3.8) is 0 Å². The van der Waals surface area contributed by atoms with Crippen molar-refractivity contribution in [3.8, 4) is 0 Å². The average molecular weight is 402 g/mol. The zero-order chi connectivity index (χ0) is 20.9. The zero-order valence-electron chi connectivity index (χ0n) is 18.0. The summed E-state index contributed by atoms with van der Waals surface area (Å²) in [5.74, 6) is -0.559. The molecule has 2 heterocycles. The van der Waals surface area contributed by atoms with Crippen LogP contribution >= 0.6 is 11.3 Å². The molecule has 1 aliphatic carbocycles. The molecule has 28 heavy (non-hydrogen) atoms. The lowest BCUT2D eigenvalue weighted by Crippen LogP contribution is -2.38. The molecule has 3 rings (SSSR count). The third kappa shape index (κ3) is 3.82. The number of carbonyl (C=O) groups excluding carboxylic acids is 2. The number of esters is 1. The summed E-state index contributed by atoms with van der Waals surface area (Å²) < 4.78 is 5.37. The third-order valence-electron chi connectivity index (χ3n) is 5.39. The van der Waals surface area contributed by atoms with Gasteiger partial charge in [0.05, 0.1) is 18.1 Å². The summed E-state index contributed by atoms with van der Waals surface area (Å²) in [6.07, 6.45) is 1.30. The fraction of sp³-hybridized carbons (Fsp3) is 0.565. The van der Waals surface area contributed by atoms with Gasteiger partial charge >= 0.3 is 5.97 Å². The van der Waals surface area contributed by atoms with Gasteiger partial charge in [-0.15, -0.1) is 11.3 Å². The van der Waals surface area contributed by atoms with Crippen LogP contribution in [0.15, 0.2) is 34.7 Å². The minimum absolute atomic E-state index is 0.0223. The topological polar surface area (TPSA) is 55.4 Å². The van der Waals surface area contributed by atoms with E-state index in [1.165, 1.54) is 4.88 Å². The lowest BCUT2D eigenvalue weighted by molar-refractivity contribution is -0.138. The number of rotatable bonds is 3. The molecule has 0 aromatic carbocycles. The van der Waals surface area contributed by atoms with E-state index in [1.807, 2.05) is 6.92 Å². The minimum Gasteiger partial charge on any atom is -0.463 e. The van der Waals surface area contributed by atoms with Gasteiger partial charge in [-0.05, 0) is 43.2 Å². The highest BCUT2D eigenvalue weighted by Gasteiger charge is 2.43. The number of nitrogens with one attached hydrogen (secondary N) is 1. The predicted molar refractivity (Wildman–Crippen MR) is 113 cm³/mol. The van der Waals surface area contributed by atoms with Gasteiger partial charge in [0.1, 0.15) is 0 Å². The third-order valence-corrected chi connectivity index (χ3v) is 6.96. The Balaban J connectivity index is 2.17. The van der Waals surface area contributed by atoms with Gasteiger partial charge in [0.15, 0.2) is 5.78 Å². The summed E-state index contributed by atoms with van der Waals surface area (Å²) >= 11 is 1.69. The molecule has 4 nitrogen and oxygen atoms in total. The van der Waals surface area contributed by atoms with E-state index in [2.05, 4.69) is 52.1 Å². The summed E-state index contributed by atoms with van der Waals surface area (Å²) in [7, 11) is 0. The number of hydrogen-bond donors (Lipinski definition) is 1. The second-order valence-electron chi connectivity index (χ2n) is 9.60. The second kappa shape index (κ2) is 7.18. The van der Waals surface area contributed by atoms with E-state index in [1.54, 1.807) is 18.3 Å². The summed E-state index contributed by atoms with van der Waals surface area (Å²) in [5, 5.41) is 3.37. The molecule has 1 aromatic rings. The molecule has 0 spiro atoms. The Morgan fingerprint density at radius 3 is 2.54 bits per heavy atom. The van der Waals surface area contributed by atoms with Gasteiger partial charge in [-0.1, -0.05) is 34.6 Å². The highest BCUT2D eigenvalue weighted by molar-refractivity contribution is 7.12. The molecule has 0 radical (unpaired) electrons. The lowest BCUT2D eigenvalue weighted by atomic mass is 9.70. The van der Waals surface area contributed by atoms with Gasteiger partial charge in [-0.25, -0.2) is 4.79 Å². The molecular formula is C23H31NO3S. The number of ketones is 1. The molecule has 1 aliphatic heterocycles. The predicted octanol–water partition coefficient (Wildman–Crippen LogP) is 5.21. The highest BCUT2D eigenvalue weighted by Crippen LogP contribution is 2.48. The van der Waals surface area contributed by atoms with Crippen molar-refractivity contribution < 1.29 is 14.3 Å². The van der Waals surface area contributed by atoms with Crippen LogP contribution in [0.1, 0.15) is 77.0 Å². The second-order valence-corrected chi connectivity index (χ2v) is 10.7. The van der Waals surface area contributed by atoms with Crippen molar-refractivity contribution in [2.45, 2.75) is 72.6 Å². The molecule has 0 amide bonds. The molecule has 2 aliphatic rings. The highest BCUT2D eigenvalue weighted by atomic mass is 32.1. The number of ether oxygens (including phenoxy) is 1. The van der Waals surface area contributed by atoms with Crippen LogP contribution in [0.25, 0.3) is 0 Å². The maximum atomic E-state index is 13.2. The Kier molecular flexibility index (Phi) is 5.34. The first-order valence-electron chi connectivity index (χ1n) is 9.96. The SMILES string of the molecule is CCOC(=O)C1=C(C)NC2=C(C(=O)CC(C)(C)C2)[C@@H]1c1ccc(C(C)(C)C)s1. The number of hydrogen-bond acceptors (Lipinski definition) is 5. The maximum Gasteiger partial charge on any atom is 0.336 e. The van der Waals surface area contributed by atoms with Crippen LogP contribution in [0.4, 0.5) is 0 Å². The zero-order valence-corrected chi connectivity index (χ0v) is 18.8. The van der Waals surface area contributed by atoms with E-state index in [0.29, 0.717) is 18.6 Å². The van der Waals surface area contributed by atoms with Crippen LogP contribution in [-0.4, -0.2) is 18.4 Å². The van der Waals surface area contributed by atoms with Crippen LogP contribution in [0.2, 0.25) is 0 Å². The molecule has 1 N–H and O–H groups in total. The Bertz CT molecular complexity index is 880. The monoisotopic (exact) mass is 401 g/mol. The molecule has 0 saturated heterocycles. The lowest BCUT2D eigenvalue weighted by Gasteiger charge is -2.39. The molecule has 1 aromatic heterocycles. The van der Waals surface area contributed by atoms with Crippen LogP contribution in [-0.2, 0) is 19.7 Å². The van der Waals surface area contributed by atoms with E-state index in [9.17, 15) is 9.59 Å². The maximum absolute atomic E-state index is 13.2. The van der Waals surface area contributed by atoms with E-state index < -0.39 is 0 Å². The number of Topliss-reactive ketones (excluding diaryl/α,β-unsaturated/α-hetero) is 1. The van der Waals surface area contributed by atoms with Crippen molar-refractivity contribution in [1.29, 1.82) is 0 Å². The summed E-state index contributed by atoms with van der Waals surface area (Å²) in [6.45, 7) is 14.8. The molecule has 5 heteroatoms. The minimum atomic E-state index is -0.347. The Morgan fingerprint density at radius 1 is 1.29 bits per heavy atom. The number of carbonyl (C=O) groups is 2. The summed E-state index contributed by atoms with van der Waals surface area (Å²) in [5.41, 5.74) is 3.00. The van der Waals surface area contributed by atoms with Crippen molar-refractivity contribution in [2.24, 2.45) is 5.41 Å². The molecular weight excluding hydrogens is 370 g/mol. The summed E-state index contributed by atoms with van der Waals surface area (Å²) in [4.78, 5) is 28.3. The smallest absolute Gasteiger partial charge is 0.336 e. The fourth-order valence-corrected chi connectivity index (χ4v) is 5.30. The first-order chi connectivity index (χ1) is 12.9. The standard InChI is InChI=1S/C23H31NO3S/c1-8-27-21(26)18-13(2)24-14-11-23(6,7)12-15(25)19(14)20(18)16-9-10-17(28-16)22(3,4)5/h9-10,20,24H,8,11-12H2,1-7H3/t20-/m1/s1. The quantitative estimate of drug-likeness (QED) is 0.706. The number of allylic oxidation sites excluding steroid dienone is 3. The number of dihydropyridines is 1. The van der Waals surface area contributed by atoms with Crippen LogP contribution < -0.4 is 5.32 Å². The van der Waals surface area contributed by atoms with E-state index in [0.717, 1.165) is 28.3 Å². The van der Waals surface area contributed by atoms with Gasteiger partial charge in [0.25, 0.3) is 0 Å². The Labute approximate surface area is 172 Å². The molecule has 0 bridgehead atoms. The van der Waals surface area contributed by atoms with Gasteiger partial charge in [-0.3, -0.25) is 4.79 Å². The van der Waals surface area contributed by atoms with E-state index >= 15 is 0 Å². The Hall–Kier alpha value is -1.88.